The number of rotatable bonds is 6. The Morgan fingerprint density at radius 2 is 2.04 bits per heavy atom. The Bertz CT molecular complexity index is 1010. The molecule has 1 N–H and O–H groups in total. The fraction of sp³-hybridized carbons (Fsp3) is 0.200. The molecule has 146 valence electrons. The Balaban J connectivity index is 1.64. The van der Waals surface area contributed by atoms with Crippen LogP contribution in [0.15, 0.2) is 46.3 Å². The van der Waals surface area contributed by atoms with Gasteiger partial charge in [-0.25, -0.2) is 4.98 Å². The summed E-state index contributed by atoms with van der Waals surface area (Å²) < 4.78 is 6.70. The van der Waals surface area contributed by atoms with Crippen molar-refractivity contribution in [1.29, 1.82) is 0 Å². The summed E-state index contributed by atoms with van der Waals surface area (Å²) >= 11 is 16.9. The van der Waals surface area contributed by atoms with Gasteiger partial charge in [-0.2, -0.15) is 0 Å². The number of thiazole rings is 1. The number of anilines is 1. The molecule has 2 aromatic carbocycles. The molecule has 0 aliphatic rings. The Labute approximate surface area is 186 Å². The minimum atomic E-state index is -0.277. The number of hydrogen-bond acceptors (Lipinski definition) is 4. The van der Waals surface area contributed by atoms with Crippen molar-refractivity contribution in [2.45, 2.75) is 19.8 Å². The summed E-state index contributed by atoms with van der Waals surface area (Å²) in [5, 5.41) is 6.14. The molecule has 0 saturated carbocycles. The largest absolute Gasteiger partial charge is 0.483 e. The summed E-state index contributed by atoms with van der Waals surface area (Å²) in [6.07, 6.45) is 0. The first-order chi connectivity index (χ1) is 13.3. The van der Waals surface area contributed by atoms with E-state index in [0.717, 1.165) is 15.6 Å². The van der Waals surface area contributed by atoms with Crippen molar-refractivity contribution >= 4 is 61.5 Å². The third-order valence-electron chi connectivity index (χ3n) is 3.91. The second kappa shape index (κ2) is 9.27. The summed E-state index contributed by atoms with van der Waals surface area (Å²) in [5.41, 5.74) is 2.48. The van der Waals surface area contributed by atoms with Gasteiger partial charge in [0, 0.05) is 20.4 Å². The van der Waals surface area contributed by atoms with E-state index in [1.54, 1.807) is 18.2 Å². The minimum Gasteiger partial charge on any atom is -0.483 e. The van der Waals surface area contributed by atoms with E-state index in [2.05, 4.69) is 40.1 Å². The molecule has 0 aliphatic carbocycles. The van der Waals surface area contributed by atoms with Gasteiger partial charge in [0.1, 0.15) is 5.75 Å². The molecule has 1 heterocycles. The van der Waals surface area contributed by atoms with Crippen molar-refractivity contribution in [1.82, 2.24) is 4.98 Å². The predicted octanol–water partition coefficient (Wildman–Crippen LogP) is 7.02. The molecule has 0 atom stereocenters. The van der Waals surface area contributed by atoms with E-state index in [0.29, 0.717) is 26.6 Å². The van der Waals surface area contributed by atoms with Gasteiger partial charge in [-0.15, -0.1) is 11.3 Å². The van der Waals surface area contributed by atoms with Gasteiger partial charge in [0.25, 0.3) is 5.91 Å². The highest BCUT2D eigenvalue weighted by Crippen LogP contribution is 2.32. The van der Waals surface area contributed by atoms with Crippen molar-refractivity contribution < 1.29 is 9.53 Å². The van der Waals surface area contributed by atoms with Crippen LogP contribution >= 0.6 is 50.5 Å². The highest BCUT2D eigenvalue weighted by molar-refractivity contribution is 9.10. The molecule has 1 aromatic heterocycles. The van der Waals surface area contributed by atoms with E-state index < -0.39 is 0 Å². The van der Waals surface area contributed by atoms with E-state index in [9.17, 15) is 4.79 Å². The van der Waals surface area contributed by atoms with Crippen molar-refractivity contribution in [3.05, 3.63) is 61.9 Å². The fourth-order valence-electron chi connectivity index (χ4n) is 2.55. The number of carbonyl (C=O) groups is 1. The van der Waals surface area contributed by atoms with Gasteiger partial charge in [0.2, 0.25) is 0 Å². The Kier molecular flexibility index (Phi) is 6.99. The molecule has 28 heavy (non-hydrogen) atoms. The van der Waals surface area contributed by atoms with Crippen LogP contribution in [-0.2, 0) is 4.79 Å². The van der Waals surface area contributed by atoms with Crippen LogP contribution in [0, 0.1) is 0 Å². The number of halogens is 3. The number of ether oxygens (including phenoxy) is 1. The lowest BCUT2D eigenvalue weighted by Crippen LogP contribution is -2.20. The zero-order chi connectivity index (χ0) is 20.3. The topological polar surface area (TPSA) is 51.2 Å². The normalized spacial score (nSPS) is 10.9. The van der Waals surface area contributed by atoms with Crippen LogP contribution in [0.2, 0.25) is 10.0 Å². The van der Waals surface area contributed by atoms with Crippen LogP contribution < -0.4 is 10.1 Å². The van der Waals surface area contributed by atoms with E-state index in [-0.39, 0.29) is 18.4 Å². The van der Waals surface area contributed by atoms with Crippen molar-refractivity contribution in [2.24, 2.45) is 0 Å². The maximum atomic E-state index is 12.3. The molecule has 3 rings (SSSR count). The van der Waals surface area contributed by atoms with Crippen LogP contribution in [0.25, 0.3) is 11.3 Å². The van der Waals surface area contributed by atoms with E-state index in [1.165, 1.54) is 11.3 Å². The summed E-state index contributed by atoms with van der Waals surface area (Å²) in [6, 6.07) is 11.0. The second-order valence-electron chi connectivity index (χ2n) is 6.34. The molecule has 0 bridgehead atoms. The monoisotopic (exact) mass is 498 g/mol. The standard InChI is InChI=1S/C20H17BrCl2N2O2S/c1-11(2)15-7-12(21)3-6-18(15)27-9-19(26)25-20-24-17(10-28-20)14-5-4-13(22)8-16(14)23/h3-8,10-11H,9H2,1-2H3,(H,24,25,26). The third kappa shape index (κ3) is 5.26. The number of benzene rings is 2. The summed E-state index contributed by atoms with van der Waals surface area (Å²) in [7, 11) is 0. The van der Waals surface area contributed by atoms with Crippen molar-refractivity contribution in [3.63, 3.8) is 0 Å². The third-order valence-corrected chi connectivity index (χ3v) is 5.71. The number of nitrogens with zero attached hydrogens (tertiary/aromatic N) is 1. The van der Waals surface area contributed by atoms with E-state index in [4.69, 9.17) is 27.9 Å². The van der Waals surface area contributed by atoms with Crippen molar-refractivity contribution in [2.75, 3.05) is 11.9 Å². The first kappa shape index (κ1) is 21.1. The van der Waals surface area contributed by atoms with Crippen molar-refractivity contribution in [3.8, 4) is 17.0 Å². The van der Waals surface area contributed by atoms with Crippen LogP contribution in [-0.4, -0.2) is 17.5 Å². The first-order valence-electron chi connectivity index (χ1n) is 8.46. The highest BCUT2D eigenvalue weighted by Gasteiger charge is 2.13. The highest BCUT2D eigenvalue weighted by atomic mass is 79.9. The Hall–Kier alpha value is -1.60. The zero-order valence-electron chi connectivity index (χ0n) is 15.1. The summed E-state index contributed by atoms with van der Waals surface area (Å²) in [6.45, 7) is 4.05. The number of amides is 1. The number of nitrogens with one attached hydrogen (secondary N) is 1. The minimum absolute atomic E-state index is 0.0992. The molecule has 0 radical (unpaired) electrons. The summed E-state index contributed by atoms with van der Waals surface area (Å²) in [5.74, 6) is 0.697. The lowest BCUT2D eigenvalue weighted by Gasteiger charge is -2.14. The lowest BCUT2D eigenvalue weighted by atomic mass is 10.0. The zero-order valence-corrected chi connectivity index (χ0v) is 19.0. The van der Waals surface area contributed by atoms with Crippen LogP contribution in [0.1, 0.15) is 25.3 Å². The molecule has 1 amide bonds. The Morgan fingerprint density at radius 3 is 2.75 bits per heavy atom. The average Bonchev–Trinajstić information content (AvgIpc) is 3.08. The van der Waals surface area contributed by atoms with Crippen LogP contribution in [0.5, 0.6) is 5.75 Å². The number of hydrogen-bond donors (Lipinski definition) is 1. The molecule has 8 heteroatoms. The van der Waals surface area contributed by atoms with E-state index in [1.807, 2.05) is 23.6 Å². The number of aromatic nitrogens is 1. The lowest BCUT2D eigenvalue weighted by molar-refractivity contribution is -0.118. The summed E-state index contributed by atoms with van der Waals surface area (Å²) in [4.78, 5) is 16.7. The van der Waals surface area contributed by atoms with Crippen LogP contribution in [0.4, 0.5) is 5.13 Å². The predicted molar refractivity (Wildman–Crippen MR) is 120 cm³/mol. The Morgan fingerprint density at radius 1 is 1.25 bits per heavy atom. The molecule has 0 spiro atoms. The molecular weight excluding hydrogens is 483 g/mol. The van der Waals surface area contributed by atoms with Gasteiger partial charge in [-0.3, -0.25) is 10.1 Å². The van der Waals surface area contributed by atoms with Crippen LogP contribution in [0.3, 0.4) is 0 Å². The quantitative estimate of drug-likeness (QED) is 0.396. The first-order valence-corrected chi connectivity index (χ1v) is 10.9. The smallest absolute Gasteiger partial charge is 0.264 e. The van der Waals surface area contributed by atoms with Gasteiger partial charge in [0.15, 0.2) is 11.7 Å². The fourth-order valence-corrected chi connectivity index (χ4v) is 4.16. The maximum absolute atomic E-state index is 12.3. The maximum Gasteiger partial charge on any atom is 0.264 e. The van der Waals surface area contributed by atoms with Gasteiger partial charge >= 0.3 is 0 Å². The van der Waals surface area contributed by atoms with Gasteiger partial charge in [0.05, 0.1) is 10.7 Å². The van der Waals surface area contributed by atoms with Gasteiger partial charge < -0.3 is 4.74 Å². The molecule has 0 aliphatic heterocycles. The van der Waals surface area contributed by atoms with E-state index >= 15 is 0 Å². The second-order valence-corrected chi connectivity index (χ2v) is 8.95. The molecule has 3 aromatic rings. The molecule has 0 saturated heterocycles. The molecule has 0 unspecified atom stereocenters. The molecule has 0 fully saturated rings. The average molecular weight is 500 g/mol. The van der Waals surface area contributed by atoms with Gasteiger partial charge in [-0.05, 0) is 47.9 Å². The SMILES string of the molecule is CC(C)c1cc(Br)ccc1OCC(=O)Nc1nc(-c2ccc(Cl)cc2Cl)cs1. The van der Waals surface area contributed by atoms with Gasteiger partial charge in [-0.1, -0.05) is 53.0 Å². The number of carbonyl (C=O) groups excluding carboxylic acids is 1. The molecule has 4 nitrogen and oxygen atoms in total. The molecular formula is C20H17BrCl2N2O2S.